The lowest BCUT2D eigenvalue weighted by Gasteiger charge is -2.15. The zero-order chi connectivity index (χ0) is 14.0. The summed E-state index contributed by atoms with van der Waals surface area (Å²) in [5.74, 6) is 0.807. The number of hydrogen-bond acceptors (Lipinski definition) is 3. The zero-order valence-corrected chi connectivity index (χ0v) is 12.7. The highest BCUT2D eigenvalue weighted by atomic mass is 35.5. The fraction of sp³-hybridized carbons (Fsp3) is 0.462. The Kier molecular flexibility index (Phi) is 4.55. The molecule has 0 radical (unpaired) electrons. The molecule has 19 heavy (non-hydrogen) atoms. The molecule has 0 amide bonds. The molecular formula is C13H17Cl2N3O. The summed E-state index contributed by atoms with van der Waals surface area (Å²) in [7, 11) is 1.90. The largest absolute Gasteiger partial charge is 0.448 e. The number of hydrogen-bond donors (Lipinski definition) is 1. The van der Waals surface area contributed by atoms with E-state index in [9.17, 15) is 0 Å². The fourth-order valence-corrected chi connectivity index (χ4v) is 2.52. The number of nitrogens with one attached hydrogen (secondary N) is 1. The van der Waals surface area contributed by atoms with Gasteiger partial charge in [-0.1, -0.05) is 18.5 Å². The second-order valence-corrected chi connectivity index (χ2v) is 5.18. The number of aryl methyl sites for hydroxylation is 2. The second-order valence-electron chi connectivity index (χ2n) is 4.43. The summed E-state index contributed by atoms with van der Waals surface area (Å²) >= 11 is 12.1. The predicted octanol–water partition coefficient (Wildman–Crippen LogP) is 3.52. The summed E-state index contributed by atoms with van der Waals surface area (Å²) in [5, 5.41) is 8.80. The SMILES string of the molecule is CCNC(Cc1c(Cl)c(C)nn1C)c1ccc(Cl)o1. The molecule has 0 aliphatic heterocycles. The average Bonchev–Trinajstić information content (AvgIpc) is 2.88. The number of rotatable bonds is 5. The van der Waals surface area contributed by atoms with Gasteiger partial charge in [0.05, 0.1) is 22.5 Å². The van der Waals surface area contributed by atoms with Crippen LogP contribution in [-0.4, -0.2) is 16.3 Å². The van der Waals surface area contributed by atoms with E-state index in [1.54, 1.807) is 6.07 Å². The number of furan rings is 1. The van der Waals surface area contributed by atoms with Crippen LogP contribution in [0.5, 0.6) is 0 Å². The molecule has 0 fully saturated rings. The molecule has 0 saturated heterocycles. The lowest BCUT2D eigenvalue weighted by atomic mass is 10.1. The van der Waals surface area contributed by atoms with Crippen molar-refractivity contribution in [2.24, 2.45) is 7.05 Å². The van der Waals surface area contributed by atoms with Gasteiger partial charge in [-0.2, -0.15) is 5.10 Å². The summed E-state index contributed by atoms with van der Waals surface area (Å²) in [6, 6.07) is 3.66. The molecule has 6 heteroatoms. The van der Waals surface area contributed by atoms with Gasteiger partial charge in [-0.3, -0.25) is 4.68 Å². The Labute approximate surface area is 122 Å². The van der Waals surface area contributed by atoms with Crippen molar-refractivity contribution < 1.29 is 4.42 Å². The van der Waals surface area contributed by atoms with E-state index >= 15 is 0 Å². The van der Waals surface area contributed by atoms with Gasteiger partial charge in [0.15, 0.2) is 5.22 Å². The van der Waals surface area contributed by atoms with Gasteiger partial charge in [0, 0.05) is 13.5 Å². The van der Waals surface area contributed by atoms with Gasteiger partial charge < -0.3 is 9.73 Å². The molecule has 1 atom stereocenters. The minimum absolute atomic E-state index is 0.0322. The quantitative estimate of drug-likeness (QED) is 0.919. The number of aromatic nitrogens is 2. The van der Waals surface area contributed by atoms with E-state index in [1.807, 2.05) is 31.6 Å². The van der Waals surface area contributed by atoms with Crippen molar-refractivity contribution in [2.45, 2.75) is 26.3 Å². The predicted molar refractivity (Wildman–Crippen MR) is 76.8 cm³/mol. The molecule has 0 aliphatic rings. The number of halogens is 2. The van der Waals surface area contributed by atoms with Gasteiger partial charge in [0.1, 0.15) is 5.76 Å². The minimum Gasteiger partial charge on any atom is -0.448 e. The maximum Gasteiger partial charge on any atom is 0.193 e. The molecule has 0 bridgehead atoms. The number of nitrogens with zero attached hydrogens (tertiary/aromatic N) is 2. The van der Waals surface area contributed by atoms with Gasteiger partial charge in [0.25, 0.3) is 0 Å². The summed E-state index contributed by atoms with van der Waals surface area (Å²) < 4.78 is 7.30. The third kappa shape index (κ3) is 3.14. The average molecular weight is 302 g/mol. The van der Waals surface area contributed by atoms with E-state index in [0.717, 1.165) is 23.7 Å². The monoisotopic (exact) mass is 301 g/mol. The molecule has 2 aromatic rings. The molecule has 0 aliphatic carbocycles. The zero-order valence-electron chi connectivity index (χ0n) is 11.2. The summed E-state index contributed by atoms with van der Waals surface area (Å²) in [6.45, 7) is 4.78. The van der Waals surface area contributed by atoms with Crippen LogP contribution in [0.4, 0.5) is 0 Å². The first-order chi connectivity index (χ1) is 9.02. The Morgan fingerprint density at radius 2 is 2.16 bits per heavy atom. The summed E-state index contributed by atoms with van der Waals surface area (Å²) in [6.07, 6.45) is 0.702. The van der Waals surface area contributed by atoms with Crippen LogP contribution in [0.2, 0.25) is 10.2 Å². The highest BCUT2D eigenvalue weighted by Crippen LogP contribution is 2.27. The van der Waals surface area contributed by atoms with Crippen LogP contribution >= 0.6 is 23.2 Å². The Balaban J connectivity index is 2.26. The first-order valence-corrected chi connectivity index (χ1v) is 6.95. The normalized spacial score (nSPS) is 12.9. The highest BCUT2D eigenvalue weighted by molar-refractivity contribution is 6.31. The molecule has 4 nitrogen and oxygen atoms in total. The molecule has 2 heterocycles. The molecule has 104 valence electrons. The Hall–Kier alpha value is -0.970. The molecule has 0 aromatic carbocycles. The van der Waals surface area contributed by atoms with Gasteiger partial charge >= 0.3 is 0 Å². The van der Waals surface area contributed by atoms with Crippen molar-refractivity contribution >= 4 is 23.2 Å². The molecule has 1 unspecified atom stereocenters. The van der Waals surface area contributed by atoms with E-state index in [2.05, 4.69) is 10.4 Å². The van der Waals surface area contributed by atoms with Crippen molar-refractivity contribution in [1.29, 1.82) is 0 Å². The van der Waals surface area contributed by atoms with Crippen molar-refractivity contribution in [1.82, 2.24) is 15.1 Å². The van der Waals surface area contributed by atoms with Crippen molar-refractivity contribution in [2.75, 3.05) is 6.54 Å². The van der Waals surface area contributed by atoms with Gasteiger partial charge in [-0.15, -0.1) is 0 Å². The van der Waals surface area contributed by atoms with E-state index in [4.69, 9.17) is 27.6 Å². The van der Waals surface area contributed by atoms with E-state index in [0.29, 0.717) is 16.7 Å². The Morgan fingerprint density at radius 1 is 1.42 bits per heavy atom. The van der Waals surface area contributed by atoms with E-state index in [1.165, 1.54) is 0 Å². The van der Waals surface area contributed by atoms with Crippen LogP contribution in [0.15, 0.2) is 16.5 Å². The van der Waals surface area contributed by atoms with Crippen molar-refractivity contribution in [3.8, 4) is 0 Å². The fourth-order valence-electron chi connectivity index (χ4n) is 2.13. The molecular weight excluding hydrogens is 285 g/mol. The third-order valence-electron chi connectivity index (χ3n) is 3.05. The van der Waals surface area contributed by atoms with E-state index < -0.39 is 0 Å². The Bertz CT molecular complexity index is 562. The van der Waals surface area contributed by atoms with Crippen LogP contribution < -0.4 is 5.32 Å². The third-order valence-corrected chi connectivity index (χ3v) is 3.74. The van der Waals surface area contributed by atoms with Crippen LogP contribution in [-0.2, 0) is 13.5 Å². The van der Waals surface area contributed by atoms with Crippen molar-refractivity contribution in [3.63, 3.8) is 0 Å². The molecule has 2 aromatic heterocycles. The first-order valence-electron chi connectivity index (χ1n) is 6.19. The van der Waals surface area contributed by atoms with Crippen LogP contribution in [0, 0.1) is 6.92 Å². The van der Waals surface area contributed by atoms with Crippen LogP contribution in [0.3, 0.4) is 0 Å². The second kappa shape index (κ2) is 5.99. The minimum atomic E-state index is 0.0322. The maximum atomic E-state index is 6.28. The number of likely N-dealkylation sites (N-methyl/N-ethyl adjacent to an activating group) is 1. The Morgan fingerprint density at radius 3 is 2.63 bits per heavy atom. The van der Waals surface area contributed by atoms with Crippen LogP contribution in [0.1, 0.15) is 30.1 Å². The van der Waals surface area contributed by atoms with Gasteiger partial charge in [-0.05, 0) is 37.2 Å². The van der Waals surface area contributed by atoms with Crippen LogP contribution in [0.25, 0.3) is 0 Å². The first kappa shape index (κ1) is 14.4. The molecule has 0 spiro atoms. The lowest BCUT2D eigenvalue weighted by molar-refractivity contribution is 0.411. The standard InChI is InChI=1S/C13H17Cl2N3O/c1-4-16-9(11-5-6-12(14)19-11)7-10-13(15)8(2)17-18(10)3/h5-6,9,16H,4,7H2,1-3H3. The lowest BCUT2D eigenvalue weighted by Crippen LogP contribution is -2.23. The maximum absolute atomic E-state index is 6.28. The summed E-state index contributed by atoms with van der Waals surface area (Å²) in [4.78, 5) is 0. The smallest absolute Gasteiger partial charge is 0.193 e. The van der Waals surface area contributed by atoms with Gasteiger partial charge in [-0.25, -0.2) is 0 Å². The van der Waals surface area contributed by atoms with Gasteiger partial charge in [0.2, 0.25) is 0 Å². The highest BCUT2D eigenvalue weighted by Gasteiger charge is 2.20. The topological polar surface area (TPSA) is 43.0 Å². The molecule has 0 saturated carbocycles. The molecule has 1 N–H and O–H groups in total. The molecule has 2 rings (SSSR count). The summed E-state index contributed by atoms with van der Waals surface area (Å²) in [5.41, 5.74) is 1.82. The van der Waals surface area contributed by atoms with Crippen molar-refractivity contribution in [3.05, 3.63) is 39.5 Å². The van der Waals surface area contributed by atoms with E-state index in [-0.39, 0.29) is 6.04 Å².